The van der Waals surface area contributed by atoms with Crippen molar-refractivity contribution >= 4 is 17.1 Å². The molecule has 31 heavy (non-hydrogen) atoms. The van der Waals surface area contributed by atoms with Gasteiger partial charge in [-0.15, -0.1) is 0 Å². The van der Waals surface area contributed by atoms with Gasteiger partial charge in [-0.05, 0) is 43.4 Å². The number of ether oxygens (including phenoxy) is 1. The van der Waals surface area contributed by atoms with Crippen molar-refractivity contribution in [3.63, 3.8) is 0 Å². The number of aromatic nitrogens is 4. The number of piperidine rings is 1. The molecule has 1 aliphatic heterocycles. The van der Waals surface area contributed by atoms with Gasteiger partial charge in [0.2, 0.25) is 5.95 Å². The Morgan fingerprint density at radius 2 is 2.16 bits per heavy atom. The molecule has 0 unspecified atom stereocenters. The molecule has 0 amide bonds. The Balaban J connectivity index is 1.67. The number of benzene rings is 1. The minimum atomic E-state index is -0.865. The zero-order valence-electron chi connectivity index (χ0n) is 18.2. The van der Waals surface area contributed by atoms with Crippen molar-refractivity contribution in [2.75, 3.05) is 24.6 Å². The first-order valence-corrected chi connectivity index (χ1v) is 10.7. The molecule has 1 saturated heterocycles. The third kappa shape index (κ3) is 4.36. The number of aliphatic hydroxyl groups excluding tert-OH is 1. The van der Waals surface area contributed by atoms with E-state index in [4.69, 9.17) is 4.74 Å². The number of imidazole rings is 1. The number of hydrogen-bond acceptors (Lipinski definition) is 6. The molecule has 0 radical (unpaired) electrons. The molecule has 3 heterocycles. The number of H-pyrrole nitrogens is 1. The lowest BCUT2D eigenvalue weighted by atomic mass is 10.0. The van der Waals surface area contributed by atoms with Crippen molar-refractivity contribution < 1.29 is 9.84 Å². The minimum absolute atomic E-state index is 0.0721. The van der Waals surface area contributed by atoms with Crippen LogP contribution in [0, 0.1) is 12.8 Å². The average Bonchev–Trinajstić information content (AvgIpc) is 3.10. The Morgan fingerprint density at radius 1 is 1.35 bits per heavy atom. The van der Waals surface area contributed by atoms with E-state index in [0.29, 0.717) is 23.3 Å². The summed E-state index contributed by atoms with van der Waals surface area (Å²) in [5, 5.41) is 10.7. The van der Waals surface area contributed by atoms with Crippen molar-refractivity contribution in [3.8, 4) is 5.75 Å². The number of nitrogens with one attached hydrogen (secondary N) is 1. The molecule has 0 bridgehead atoms. The first-order valence-electron chi connectivity index (χ1n) is 10.7. The number of aromatic amines is 1. The molecule has 2 N–H and O–H groups in total. The Kier molecular flexibility index (Phi) is 5.86. The van der Waals surface area contributed by atoms with Gasteiger partial charge in [0.25, 0.3) is 5.56 Å². The van der Waals surface area contributed by atoms with E-state index in [1.54, 1.807) is 11.6 Å². The predicted molar refractivity (Wildman–Crippen MR) is 119 cm³/mol. The summed E-state index contributed by atoms with van der Waals surface area (Å²) in [7, 11) is 1.58. The van der Waals surface area contributed by atoms with Crippen LogP contribution < -0.4 is 20.9 Å². The van der Waals surface area contributed by atoms with Crippen LogP contribution in [0.4, 0.5) is 5.95 Å². The van der Waals surface area contributed by atoms with Gasteiger partial charge in [-0.3, -0.25) is 14.3 Å². The predicted octanol–water partition coefficient (Wildman–Crippen LogP) is 1.41. The summed E-state index contributed by atoms with van der Waals surface area (Å²) in [6.07, 6.45) is 1.30. The molecular weight excluding hydrogens is 398 g/mol. The summed E-state index contributed by atoms with van der Waals surface area (Å²) >= 11 is 0. The van der Waals surface area contributed by atoms with Crippen LogP contribution in [-0.2, 0) is 13.6 Å². The maximum Gasteiger partial charge on any atom is 0.329 e. The fourth-order valence-electron chi connectivity index (χ4n) is 4.17. The molecule has 2 aromatic heterocycles. The highest BCUT2D eigenvalue weighted by Crippen LogP contribution is 2.25. The van der Waals surface area contributed by atoms with Crippen molar-refractivity contribution in [1.29, 1.82) is 0 Å². The average molecular weight is 428 g/mol. The van der Waals surface area contributed by atoms with Gasteiger partial charge in [0, 0.05) is 20.1 Å². The van der Waals surface area contributed by atoms with Crippen LogP contribution in [0.25, 0.3) is 11.2 Å². The Morgan fingerprint density at radius 3 is 2.90 bits per heavy atom. The van der Waals surface area contributed by atoms with Crippen LogP contribution in [0.15, 0.2) is 33.9 Å². The fraction of sp³-hybridized carbons (Fsp3) is 0.500. The molecule has 3 aromatic rings. The van der Waals surface area contributed by atoms with Gasteiger partial charge in [-0.1, -0.05) is 19.1 Å². The third-order valence-electron chi connectivity index (χ3n) is 5.75. The first-order chi connectivity index (χ1) is 14.8. The number of anilines is 1. The maximum absolute atomic E-state index is 12.7. The smallest absolute Gasteiger partial charge is 0.329 e. The Bertz CT molecular complexity index is 1190. The second-order valence-corrected chi connectivity index (χ2v) is 8.49. The van der Waals surface area contributed by atoms with E-state index in [0.717, 1.165) is 31.5 Å². The van der Waals surface area contributed by atoms with Crippen molar-refractivity contribution in [3.05, 3.63) is 50.7 Å². The highest BCUT2D eigenvalue weighted by atomic mass is 16.5. The van der Waals surface area contributed by atoms with E-state index in [-0.39, 0.29) is 18.7 Å². The fourth-order valence-corrected chi connectivity index (χ4v) is 4.17. The summed E-state index contributed by atoms with van der Waals surface area (Å²) < 4.78 is 8.80. The lowest BCUT2D eigenvalue weighted by Gasteiger charge is -2.32. The van der Waals surface area contributed by atoms with Crippen molar-refractivity contribution in [2.45, 2.75) is 39.3 Å². The topological polar surface area (TPSA) is 105 Å². The number of aryl methyl sites for hydroxylation is 2. The molecular formula is C22H29N5O4. The lowest BCUT2D eigenvalue weighted by molar-refractivity contribution is 0.0935. The molecule has 0 saturated carbocycles. The third-order valence-corrected chi connectivity index (χ3v) is 5.75. The van der Waals surface area contributed by atoms with Gasteiger partial charge >= 0.3 is 5.69 Å². The lowest BCUT2D eigenvalue weighted by Crippen LogP contribution is -2.37. The molecule has 1 aliphatic rings. The van der Waals surface area contributed by atoms with Gasteiger partial charge < -0.3 is 19.3 Å². The summed E-state index contributed by atoms with van der Waals surface area (Å²) in [6.45, 7) is 5.99. The van der Waals surface area contributed by atoms with Crippen molar-refractivity contribution in [1.82, 2.24) is 19.1 Å². The van der Waals surface area contributed by atoms with E-state index >= 15 is 0 Å². The van der Waals surface area contributed by atoms with E-state index in [2.05, 4.69) is 21.8 Å². The standard InChI is InChI=1S/C22H29N5O4/c1-14-6-4-8-17(10-14)31-13-16(28)12-27-18-19(25(3)22(30)24-20(18)29)23-21(27)26-9-5-7-15(2)11-26/h4,6,8,10,15-16,28H,5,7,9,11-13H2,1-3H3,(H,24,29,30)/t15-,16-/m1/s1. The summed E-state index contributed by atoms with van der Waals surface area (Å²) in [6, 6.07) is 7.62. The van der Waals surface area contributed by atoms with Crippen LogP contribution in [0.3, 0.4) is 0 Å². The number of nitrogens with zero attached hydrogens (tertiary/aromatic N) is 4. The minimum Gasteiger partial charge on any atom is -0.491 e. The monoisotopic (exact) mass is 427 g/mol. The second-order valence-electron chi connectivity index (χ2n) is 8.49. The van der Waals surface area contributed by atoms with Crippen LogP contribution in [0.2, 0.25) is 0 Å². The van der Waals surface area contributed by atoms with E-state index in [9.17, 15) is 14.7 Å². The molecule has 9 heteroatoms. The zero-order valence-corrected chi connectivity index (χ0v) is 18.2. The molecule has 2 atom stereocenters. The molecule has 1 fully saturated rings. The molecule has 1 aromatic carbocycles. The highest BCUT2D eigenvalue weighted by molar-refractivity contribution is 5.74. The first kappa shape index (κ1) is 21.2. The Labute approximate surface area is 179 Å². The summed E-state index contributed by atoms with van der Waals surface area (Å²) in [5.41, 5.74) is 0.651. The van der Waals surface area contributed by atoms with Crippen molar-refractivity contribution in [2.24, 2.45) is 13.0 Å². The molecule has 166 valence electrons. The maximum atomic E-state index is 12.7. The van der Waals surface area contributed by atoms with E-state index in [1.165, 1.54) is 4.57 Å². The van der Waals surface area contributed by atoms with Crippen LogP contribution >= 0.6 is 0 Å². The SMILES string of the molecule is Cc1cccc(OC[C@H](O)Cn2c(N3CCC[C@@H](C)C3)nc3c2c(=O)[nH]c(=O)n3C)c1. The van der Waals surface area contributed by atoms with Crippen LogP contribution in [-0.4, -0.2) is 50.0 Å². The van der Waals surface area contributed by atoms with Crippen LogP contribution in [0.5, 0.6) is 5.75 Å². The number of hydrogen-bond donors (Lipinski definition) is 2. The summed E-state index contributed by atoms with van der Waals surface area (Å²) in [4.78, 5) is 33.9. The Hall–Kier alpha value is -3.07. The normalized spacial score (nSPS) is 17.8. The molecule has 9 nitrogen and oxygen atoms in total. The quantitative estimate of drug-likeness (QED) is 0.616. The number of rotatable bonds is 6. The highest BCUT2D eigenvalue weighted by Gasteiger charge is 2.26. The van der Waals surface area contributed by atoms with E-state index in [1.807, 2.05) is 31.2 Å². The molecule has 0 spiro atoms. The van der Waals surface area contributed by atoms with Crippen LogP contribution in [0.1, 0.15) is 25.3 Å². The van der Waals surface area contributed by atoms with Gasteiger partial charge in [-0.2, -0.15) is 4.98 Å². The molecule has 4 rings (SSSR count). The van der Waals surface area contributed by atoms with E-state index < -0.39 is 17.4 Å². The second kappa shape index (κ2) is 8.58. The van der Waals surface area contributed by atoms with Gasteiger partial charge in [-0.25, -0.2) is 4.79 Å². The van der Waals surface area contributed by atoms with Gasteiger partial charge in [0.05, 0.1) is 6.54 Å². The zero-order chi connectivity index (χ0) is 22.1. The van der Waals surface area contributed by atoms with Gasteiger partial charge in [0.1, 0.15) is 18.5 Å². The number of aliphatic hydroxyl groups is 1. The van der Waals surface area contributed by atoms with Gasteiger partial charge in [0.15, 0.2) is 11.2 Å². The largest absolute Gasteiger partial charge is 0.491 e. The number of fused-ring (bicyclic) bond motifs is 1. The summed E-state index contributed by atoms with van der Waals surface area (Å²) in [5.74, 6) is 1.78. The molecule has 0 aliphatic carbocycles.